The molecule has 2 fully saturated rings. The third kappa shape index (κ3) is 3.67. The van der Waals surface area contributed by atoms with Crippen LogP contribution < -0.4 is 4.90 Å². The minimum Gasteiger partial charge on any atom is -0.372 e. The highest BCUT2D eigenvalue weighted by Crippen LogP contribution is 2.23. The summed E-state index contributed by atoms with van der Waals surface area (Å²) in [5.74, 6) is 1.19. The van der Waals surface area contributed by atoms with Crippen LogP contribution in [0.4, 0.5) is 5.82 Å². The lowest BCUT2D eigenvalue weighted by molar-refractivity contribution is -0.144. The van der Waals surface area contributed by atoms with Gasteiger partial charge in [-0.15, -0.1) is 0 Å². The number of morpholine rings is 1. The quantitative estimate of drug-likeness (QED) is 0.801. The fourth-order valence-electron chi connectivity index (χ4n) is 3.45. The third-order valence-corrected chi connectivity index (χ3v) is 4.81. The summed E-state index contributed by atoms with van der Waals surface area (Å²) in [5.41, 5.74) is 1.09. The lowest BCUT2D eigenvalue weighted by Crippen LogP contribution is -2.61. The van der Waals surface area contributed by atoms with E-state index in [0.29, 0.717) is 25.7 Å². The molecule has 0 bridgehead atoms. The topological polar surface area (TPSA) is 61.8 Å². The summed E-state index contributed by atoms with van der Waals surface area (Å²) in [6.07, 6.45) is 3.65. The summed E-state index contributed by atoms with van der Waals surface area (Å²) >= 11 is 0. The van der Waals surface area contributed by atoms with Gasteiger partial charge < -0.3 is 14.5 Å². The Bertz CT molecular complexity index is 580. The first-order valence-corrected chi connectivity index (χ1v) is 8.59. The first kappa shape index (κ1) is 17.1. The van der Waals surface area contributed by atoms with Gasteiger partial charge in [0.05, 0.1) is 18.8 Å². The molecule has 0 radical (unpaired) electrons. The van der Waals surface area contributed by atoms with Gasteiger partial charge in [0.15, 0.2) is 0 Å². The van der Waals surface area contributed by atoms with Gasteiger partial charge in [0.25, 0.3) is 0 Å². The Labute approximate surface area is 143 Å². The van der Waals surface area contributed by atoms with Crippen LogP contribution in [-0.2, 0) is 9.53 Å². The van der Waals surface area contributed by atoms with Gasteiger partial charge in [-0.3, -0.25) is 9.69 Å². The van der Waals surface area contributed by atoms with Gasteiger partial charge >= 0.3 is 0 Å². The maximum absolute atomic E-state index is 12.5. The van der Waals surface area contributed by atoms with Crippen molar-refractivity contribution in [2.75, 3.05) is 44.7 Å². The van der Waals surface area contributed by atoms with Crippen molar-refractivity contribution in [3.8, 4) is 0 Å². The van der Waals surface area contributed by atoms with Gasteiger partial charge in [-0.25, -0.2) is 9.97 Å². The van der Waals surface area contributed by atoms with Gasteiger partial charge in [0.2, 0.25) is 5.91 Å². The highest BCUT2D eigenvalue weighted by Gasteiger charge is 2.34. The Morgan fingerprint density at radius 1 is 1.29 bits per heavy atom. The Kier molecular flexibility index (Phi) is 5.01. The molecule has 3 heterocycles. The minimum absolute atomic E-state index is 0.114. The van der Waals surface area contributed by atoms with E-state index in [9.17, 15) is 4.79 Å². The number of amides is 1. The molecule has 2 aliphatic rings. The van der Waals surface area contributed by atoms with Gasteiger partial charge in [-0.05, 0) is 27.8 Å². The zero-order valence-electron chi connectivity index (χ0n) is 15.0. The van der Waals surface area contributed by atoms with E-state index in [2.05, 4.69) is 19.8 Å². The zero-order valence-corrected chi connectivity index (χ0v) is 15.0. The molecule has 1 amide bonds. The van der Waals surface area contributed by atoms with Crippen molar-refractivity contribution in [2.45, 2.75) is 39.0 Å². The molecule has 7 heteroatoms. The number of nitrogens with zero attached hydrogens (tertiary/aromatic N) is 5. The van der Waals surface area contributed by atoms with Crippen LogP contribution in [0.5, 0.6) is 0 Å². The molecule has 1 aromatic rings. The van der Waals surface area contributed by atoms with Crippen LogP contribution >= 0.6 is 0 Å². The molecule has 0 N–H and O–H groups in total. The van der Waals surface area contributed by atoms with Crippen LogP contribution in [0, 0.1) is 6.92 Å². The summed E-state index contributed by atoms with van der Waals surface area (Å²) in [6.45, 7) is 9.70. The lowest BCUT2D eigenvalue weighted by atomic mass is 10.1. The number of carbonyl (C=O) groups excluding carboxylic acids is 1. The number of likely N-dealkylation sites (N-methyl/N-ethyl adjacent to an activating group) is 1. The Morgan fingerprint density at radius 3 is 2.58 bits per heavy atom. The lowest BCUT2D eigenvalue weighted by Gasteiger charge is -2.45. The smallest absolute Gasteiger partial charge is 0.236 e. The molecule has 24 heavy (non-hydrogen) atoms. The second-order valence-electron chi connectivity index (χ2n) is 7.06. The SMILES string of the molecule is Cc1cncnc1N1CC(N(C)CC(=O)N2CC(C)OC(C)C2)C1. The molecule has 3 rings (SSSR count). The highest BCUT2D eigenvalue weighted by atomic mass is 16.5. The van der Waals surface area contributed by atoms with Crippen molar-refractivity contribution < 1.29 is 9.53 Å². The fourth-order valence-corrected chi connectivity index (χ4v) is 3.45. The van der Waals surface area contributed by atoms with E-state index in [1.54, 1.807) is 6.33 Å². The van der Waals surface area contributed by atoms with Crippen LogP contribution in [0.25, 0.3) is 0 Å². The second kappa shape index (κ2) is 7.03. The number of carbonyl (C=O) groups is 1. The molecule has 0 aromatic carbocycles. The van der Waals surface area contributed by atoms with E-state index in [0.717, 1.165) is 24.5 Å². The summed E-state index contributed by atoms with van der Waals surface area (Å²) < 4.78 is 5.70. The molecule has 2 saturated heterocycles. The van der Waals surface area contributed by atoms with E-state index in [1.165, 1.54) is 0 Å². The minimum atomic E-state index is 0.114. The Morgan fingerprint density at radius 2 is 1.96 bits per heavy atom. The van der Waals surface area contributed by atoms with Crippen LogP contribution in [0.3, 0.4) is 0 Å². The predicted octanol–water partition coefficient (Wildman–Crippen LogP) is 0.541. The molecule has 1 aromatic heterocycles. The maximum atomic E-state index is 12.5. The van der Waals surface area contributed by atoms with Crippen molar-refractivity contribution in [2.24, 2.45) is 0 Å². The van der Waals surface area contributed by atoms with Crippen LogP contribution in [0.1, 0.15) is 19.4 Å². The van der Waals surface area contributed by atoms with Crippen molar-refractivity contribution >= 4 is 11.7 Å². The van der Waals surface area contributed by atoms with Crippen LogP contribution in [-0.4, -0.2) is 83.7 Å². The highest BCUT2D eigenvalue weighted by molar-refractivity contribution is 5.78. The summed E-state index contributed by atoms with van der Waals surface area (Å²) in [7, 11) is 2.03. The van der Waals surface area contributed by atoms with Crippen molar-refractivity contribution in [3.63, 3.8) is 0 Å². The van der Waals surface area contributed by atoms with Crippen LogP contribution in [0.2, 0.25) is 0 Å². The first-order chi connectivity index (χ1) is 11.4. The summed E-state index contributed by atoms with van der Waals surface area (Å²) in [6, 6.07) is 0.388. The number of aryl methyl sites for hydroxylation is 1. The number of aromatic nitrogens is 2. The van der Waals surface area contributed by atoms with Gasteiger partial charge in [-0.1, -0.05) is 0 Å². The van der Waals surface area contributed by atoms with Gasteiger partial charge in [0, 0.05) is 44.0 Å². The van der Waals surface area contributed by atoms with Crippen molar-refractivity contribution in [1.82, 2.24) is 19.8 Å². The largest absolute Gasteiger partial charge is 0.372 e. The van der Waals surface area contributed by atoms with E-state index in [1.807, 2.05) is 38.9 Å². The molecule has 0 spiro atoms. The van der Waals surface area contributed by atoms with Gasteiger partial charge in [-0.2, -0.15) is 0 Å². The molecule has 7 nitrogen and oxygen atoms in total. The molecular formula is C17H27N5O2. The summed E-state index contributed by atoms with van der Waals surface area (Å²) in [4.78, 5) is 27.3. The van der Waals surface area contributed by atoms with Gasteiger partial charge in [0.1, 0.15) is 12.1 Å². The monoisotopic (exact) mass is 333 g/mol. The standard InChI is InChI=1S/C17H27N5O2/c1-12-5-18-11-19-17(12)22-8-15(9-22)20(4)10-16(23)21-6-13(2)24-14(3)7-21/h5,11,13-15H,6-10H2,1-4H3. The third-order valence-electron chi connectivity index (χ3n) is 4.81. The van der Waals surface area contributed by atoms with E-state index in [4.69, 9.17) is 4.74 Å². The predicted molar refractivity (Wildman–Crippen MR) is 92.0 cm³/mol. The molecule has 2 unspecified atom stereocenters. The number of ether oxygens (including phenoxy) is 1. The Hall–Kier alpha value is -1.73. The normalized spacial score (nSPS) is 25.0. The average molecular weight is 333 g/mol. The zero-order chi connectivity index (χ0) is 17.3. The molecule has 132 valence electrons. The molecule has 2 atom stereocenters. The first-order valence-electron chi connectivity index (χ1n) is 8.59. The average Bonchev–Trinajstić information content (AvgIpc) is 2.46. The number of hydrogen-bond acceptors (Lipinski definition) is 6. The van der Waals surface area contributed by atoms with Crippen LogP contribution in [0.15, 0.2) is 12.5 Å². The Balaban J connectivity index is 1.49. The van der Waals surface area contributed by atoms with Crippen molar-refractivity contribution in [3.05, 3.63) is 18.1 Å². The number of hydrogen-bond donors (Lipinski definition) is 0. The summed E-state index contributed by atoms with van der Waals surface area (Å²) in [5, 5.41) is 0. The van der Waals surface area contributed by atoms with Crippen molar-refractivity contribution in [1.29, 1.82) is 0 Å². The van der Waals surface area contributed by atoms with E-state index in [-0.39, 0.29) is 18.1 Å². The van der Waals surface area contributed by atoms with E-state index < -0.39 is 0 Å². The molecule has 0 aliphatic carbocycles. The fraction of sp³-hybridized carbons (Fsp3) is 0.706. The molecule has 2 aliphatic heterocycles. The number of rotatable bonds is 4. The number of anilines is 1. The van der Waals surface area contributed by atoms with E-state index >= 15 is 0 Å². The molecular weight excluding hydrogens is 306 g/mol. The molecule has 0 saturated carbocycles. The maximum Gasteiger partial charge on any atom is 0.236 e. The second-order valence-corrected chi connectivity index (χ2v) is 7.06.